The van der Waals surface area contributed by atoms with Gasteiger partial charge in [-0.05, 0) is 127 Å². The van der Waals surface area contributed by atoms with Crippen LogP contribution < -0.4 is 0 Å². The summed E-state index contributed by atoms with van der Waals surface area (Å²) in [7, 11) is 0. The van der Waals surface area contributed by atoms with E-state index in [9.17, 15) is 0 Å². The zero-order valence-corrected chi connectivity index (χ0v) is 45.4. The molecule has 0 radical (unpaired) electrons. The predicted octanol–water partition coefficient (Wildman–Crippen LogP) is 20.3. The third-order valence-electron chi connectivity index (χ3n) is 18.1. The predicted molar refractivity (Wildman–Crippen MR) is 352 cm³/mol. The summed E-state index contributed by atoms with van der Waals surface area (Å²) in [6.45, 7) is 0. The van der Waals surface area contributed by atoms with Crippen molar-refractivity contribution in [2.75, 3.05) is 0 Å². The van der Waals surface area contributed by atoms with Gasteiger partial charge >= 0.3 is 0 Å². The number of hydrogen-bond acceptors (Lipinski definition) is 0. The van der Waals surface area contributed by atoms with Gasteiger partial charge in [0.1, 0.15) is 0 Å². The number of fused-ring (bicyclic) bond motifs is 21. The molecule has 0 atom stereocenters. The van der Waals surface area contributed by atoms with Gasteiger partial charge in [-0.3, -0.25) is 0 Å². The van der Waals surface area contributed by atoms with Gasteiger partial charge in [-0.2, -0.15) is 0 Å². The van der Waals surface area contributed by atoms with E-state index in [1.807, 2.05) is 0 Å². The summed E-state index contributed by atoms with van der Waals surface area (Å²) in [5, 5.41) is 14.8. The summed E-state index contributed by atoms with van der Waals surface area (Å²) < 4.78 is 14.9. The third kappa shape index (κ3) is 6.07. The monoisotopic (exact) mass is 1070 g/mol. The maximum Gasteiger partial charge on any atom is 0.0548 e. The molecule has 84 heavy (non-hydrogen) atoms. The maximum absolute atomic E-state index is 2.53. The molecule has 13 aromatic carbocycles. The molecule has 0 fully saturated rings. The van der Waals surface area contributed by atoms with E-state index in [1.165, 1.54) is 97.7 Å². The van der Waals surface area contributed by atoms with Gasteiger partial charge in [0, 0.05) is 81.7 Å². The first-order valence-electron chi connectivity index (χ1n) is 28.9. The van der Waals surface area contributed by atoms with Crippen LogP contribution in [0.1, 0.15) is 0 Å². The lowest BCUT2D eigenvalue weighted by Crippen LogP contribution is -2.03. The van der Waals surface area contributed by atoms with Gasteiger partial charge in [0.2, 0.25) is 0 Å². The van der Waals surface area contributed by atoms with E-state index in [-0.39, 0.29) is 0 Å². The smallest absolute Gasteiger partial charge is 0.0548 e. The fourth-order valence-corrected chi connectivity index (χ4v) is 14.9. The van der Waals surface area contributed by atoms with Gasteiger partial charge in [-0.1, -0.05) is 164 Å². The first-order valence-corrected chi connectivity index (χ1v) is 28.9. The topological polar surface area (TPSA) is 29.6 Å². The highest BCUT2D eigenvalue weighted by molar-refractivity contribution is 6.32. The lowest BCUT2D eigenvalue weighted by molar-refractivity contribution is 1.10. The summed E-state index contributed by atoms with van der Waals surface area (Å²) in [6.07, 6.45) is 0. The molecule has 0 aliphatic heterocycles. The highest BCUT2D eigenvalue weighted by atomic mass is 15.1. The van der Waals surface area contributed by atoms with Crippen LogP contribution in [0.2, 0.25) is 0 Å². The molecule has 6 aromatic heterocycles. The van der Waals surface area contributed by atoms with Crippen molar-refractivity contribution < 1.29 is 0 Å². The van der Waals surface area contributed by atoms with Gasteiger partial charge in [0.25, 0.3) is 0 Å². The minimum Gasteiger partial charge on any atom is -0.309 e. The van der Waals surface area contributed by atoms with Gasteiger partial charge in [0.05, 0.1) is 83.3 Å². The quantitative estimate of drug-likeness (QED) is 0.159. The molecule has 6 nitrogen and oxygen atoms in total. The molecule has 19 aromatic rings. The van der Waals surface area contributed by atoms with Crippen molar-refractivity contribution in [1.82, 2.24) is 27.4 Å². The maximum atomic E-state index is 2.53. The van der Waals surface area contributed by atoms with Crippen molar-refractivity contribution in [3.05, 3.63) is 291 Å². The van der Waals surface area contributed by atoms with E-state index < -0.39 is 0 Å². The van der Waals surface area contributed by atoms with E-state index in [1.54, 1.807) is 0 Å². The molecule has 0 spiro atoms. The number of rotatable bonds is 6. The van der Waals surface area contributed by atoms with Crippen molar-refractivity contribution in [3.63, 3.8) is 0 Å². The van der Waals surface area contributed by atoms with E-state index in [2.05, 4.69) is 319 Å². The van der Waals surface area contributed by atoms with Crippen LogP contribution in [0.5, 0.6) is 0 Å². The van der Waals surface area contributed by atoms with Crippen molar-refractivity contribution >= 4 is 131 Å². The van der Waals surface area contributed by atoms with Crippen LogP contribution >= 0.6 is 0 Å². The molecule has 0 aliphatic rings. The number of para-hydroxylation sites is 9. The Morgan fingerprint density at radius 2 is 0.298 bits per heavy atom. The Hall–Kier alpha value is -11.3. The first kappa shape index (κ1) is 45.4. The molecular formula is C78H48N6. The van der Waals surface area contributed by atoms with E-state index in [0.717, 1.165) is 67.2 Å². The Labute approximate surface area is 480 Å². The summed E-state index contributed by atoms with van der Waals surface area (Å²) >= 11 is 0. The van der Waals surface area contributed by atoms with Crippen molar-refractivity contribution in [1.29, 1.82) is 0 Å². The Balaban J connectivity index is 0.959. The summed E-state index contributed by atoms with van der Waals surface area (Å²) in [5.41, 5.74) is 20.6. The second kappa shape index (κ2) is 17.1. The molecule has 390 valence electrons. The summed E-state index contributed by atoms with van der Waals surface area (Å²) in [5.74, 6) is 0. The lowest BCUT2D eigenvalue weighted by Gasteiger charge is -2.17. The van der Waals surface area contributed by atoms with Gasteiger partial charge in [-0.25, -0.2) is 0 Å². The highest BCUT2D eigenvalue weighted by Crippen LogP contribution is 2.48. The molecule has 0 saturated carbocycles. The number of benzene rings is 13. The molecule has 6 heterocycles. The van der Waals surface area contributed by atoms with E-state index in [0.29, 0.717) is 0 Å². The largest absolute Gasteiger partial charge is 0.309 e. The molecule has 0 N–H and O–H groups in total. The standard InChI is InChI=1S/C78H48N6/c1-4-22-49(23-5-1)79-61-34-16-10-28-55(61)73-67(79)40-43-70-76(73)58-31-13-19-37-64(58)82(70)52-46-53(83-65-38-20-14-32-59(65)77-71(83)44-41-68-74(77)56-29-11-17-35-62(56)80(68)50-24-6-2-7-25-50)48-54(47-52)84-66-39-21-15-33-60(66)78-72(84)45-42-69-75(78)57-30-12-18-36-63(57)81(69)51-26-8-3-9-27-51/h1-48H. The Kier molecular flexibility index (Phi) is 9.24. The lowest BCUT2D eigenvalue weighted by atomic mass is 10.1. The highest BCUT2D eigenvalue weighted by Gasteiger charge is 2.26. The average molecular weight is 1070 g/mol. The second-order valence-corrected chi connectivity index (χ2v) is 22.4. The third-order valence-corrected chi connectivity index (χ3v) is 18.1. The number of hydrogen-bond donors (Lipinski definition) is 0. The molecule has 0 unspecified atom stereocenters. The second-order valence-electron chi connectivity index (χ2n) is 22.4. The Morgan fingerprint density at radius 3 is 0.500 bits per heavy atom. The first-order chi connectivity index (χ1) is 41.7. The van der Waals surface area contributed by atoms with Crippen molar-refractivity contribution in [3.8, 4) is 34.1 Å². The molecular weight excluding hydrogens is 1020 g/mol. The summed E-state index contributed by atoms with van der Waals surface area (Å²) in [6, 6.07) is 108. The van der Waals surface area contributed by atoms with Gasteiger partial charge in [0.15, 0.2) is 0 Å². The molecule has 0 aliphatic carbocycles. The van der Waals surface area contributed by atoms with Crippen LogP contribution in [-0.2, 0) is 0 Å². The van der Waals surface area contributed by atoms with E-state index >= 15 is 0 Å². The van der Waals surface area contributed by atoms with Gasteiger partial charge in [-0.15, -0.1) is 0 Å². The number of aromatic nitrogens is 6. The molecule has 0 saturated heterocycles. The van der Waals surface area contributed by atoms with Crippen LogP contribution in [0.15, 0.2) is 291 Å². The minimum atomic E-state index is 1.07. The molecule has 0 bridgehead atoms. The van der Waals surface area contributed by atoms with Crippen LogP contribution in [0.3, 0.4) is 0 Å². The fourth-order valence-electron chi connectivity index (χ4n) is 14.9. The van der Waals surface area contributed by atoms with Crippen LogP contribution in [0.4, 0.5) is 0 Å². The van der Waals surface area contributed by atoms with Crippen LogP contribution in [0, 0.1) is 0 Å². The SMILES string of the molecule is c1ccc(-n2c3ccccc3c3c4c5ccccc5n(-c5cc(-n6c7ccccc7c7c8c9ccccc9n(-c9ccccc9)c8ccc76)cc(-n6c7ccccc7c7c8c9ccccc9n(-c9ccccc9)c8ccc76)c5)c4ccc32)cc1. The zero-order valence-electron chi connectivity index (χ0n) is 45.4. The number of nitrogens with zero attached hydrogens (tertiary/aromatic N) is 6. The van der Waals surface area contributed by atoms with E-state index in [4.69, 9.17) is 0 Å². The average Bonchev–Trinajstić information content (AvgIpc) is 1.92. The molecule has 0 amide bonds. The molecule has 19 rings (SSSR count). The fraction of sp³-hybridized carbons (Fsp3) is 0. The summed E-state index contributed by atoms with van der Waals surface area (Å²) in [4.78, 5) is 0. The minimum absolute atomic E-state index is 1.07. The molecule has 6 heteroatoms. The van der Waals surface area contributed by atoms with Gasteiger partial charge < -0.3 is 27.4 Å². The van der Waals surface area contributed by atoms with Crippen LogP contribution in [0.25, 0.3) is 165 Å². The van der Waals surface area contributed by atoms with Crippen molar-refractivity contribution in [2.45, 2.75) is 0 Å². The van der Waals surface area contributed by atoms with Crippen LogP contribution in [-0.4, -0.2) is 27.4 Å². The van der Waals surface area contributed by atoms with Crippen molar-refractivity contribution in [2.24, 2.45) is 0 Å². The Morgan fingerprint density at radius 1 is 0.131 bits per heavy atom. The zero-order chi connectivity index (χ0) is 54.7. The normalized spacial score (nSPS) is 12.3. The Bertz CT molecular complexity index is 5370.